The molecular weight excluding hydrogens is 597 g/mol. The lowest BCUT2D eigenvalue weighted by Crippen LogP contribution is -2.30. The number of anilines is 2. The van der Waals surface area contributed by atoms with Gasteiger partial charge in [0.15, 0.2) is 11.5 Å². The van der Waals surface area contributed by atoms with Gasteiger partial charge in [-0.25, -0.2) is 14.4 Å². The van der Waals surface area contributed by atoms with Gasteiger partial charge < -0.3 is 25.8 Å². The minimum absolute atomic E-state index is 0.00909. The van der Waals surface area contributed by atoms with Gasteiger partial charge in [-0.3, -0.25) is 19.9 Å². The number of aromatic amines is 2. The number of amides is 1. The summed E-state index contributed by atoms with van der Waals surface area (Å²) < 4.78 is 14.7. The summed E-state index contributed by atoms with van der Waals surface area (Å²) in [7, 11) is 3.99. The van der Waals surface area contributed by atoms with E-state index in [9.17, 15) is 9.18 Å². The first-order chi connectivity index (χ1) is 22.9. The molecule has 0 radical (unpaired) electrons. The Hall–Kier alpha value is -5.27. The number of likely N-dealkylation sites (N-methyl/N-ethyl adjacent to an activating group) is 1. The fourth-order valence-corrected chi connectivity index (χ4v) is 5.96. The lowest BCUT2D eigenvalue weighted by Gasteiger charge is -2.21. The SMILES string of the molecule is CN(C)CCNc1cc(F)cc(-c2cncc3[nH]c(-c4n[nH]c5ccc(-c6cncc(NC(=O)CC7CCNCC7)c6)nc45)nc23)c1. The molecule has 1 aliphatic heterocycles. The van der Waals surface area contributed by atoms with Crippen LogP contribution in [0.4, 0.5) is 15.8 Å². The number of rotatable bonds is 10. The monoisotopic (exact) mass is 633 g/mol. The molecule has 0 aliphatic carbocycles. The van der Waals surface area contributed by atoms with Crippen LogP contribution >= 0.6 is 0 Å². The van der Waals surface area contributed by atoms with Crippen LogP contribution in [-0.2, 0) is 4.79 Å². The van der Waals surface area contributed by atoms with E-state index >= 15 is 0 Å². The molecule has 1 amide bonds. The highest BCUT2D eigenvalue weighted by molar-refractivity contribution is 5.96. The average Bonchev–Trinajstić information content (AvgIpc) is 3.69. The third-order valence-electron chi connectivity index (χ3n) is 8.37. The number of carbonyl (C=O) groups excluding carboxylic acids is 1. The number of pyridine rings is 3. The highest BCUT2D eigenvalue weighted by atomic mass is 19.1. The average molecular weight is 634 g/mol. The van der Waals surface area contributed by atoms with Gasteiger partial charge in [0.1, 0.15) is 11.3 Å². The van der Waals surface area contributed by atoms with Crippen molar-refractivity contribution < 1.29 is 9.18 Å². The maximum Gasteiger partial charge on any atom is 0.224 e. The molecule has 0 atom stereocenters. The van der Waals surface area contributed by atoms with Crippen molar-refractivity contribution in [1.82, 2.24) is 45.3 Å². The van der Waals surface area contributed by atoms with Crippen LogP contribution in [0.3, 0.4) is 0 Å². The van der Waals surface area contributed by atoms with Gasteiger partial charge in [0.2, 0.25) is 5.91 Å². The lowest BCUT2D eigenvalue weighted by molar-refractivity contribution is -0.117. The van der Waals surface area contributed by atoms with Crippen LogP contribution in [0.1, 0.15) is 19.3 Å². The molecule has 12 nitrogen and oxygen atoms in total. The van der Waals surface area contributed by atoms with Crippen LogP contribution in [0, 0.1) is 11.7 Å². The van der Waals surface area contributed by atoms with Crippen LogP contribution in [0.5, 0.6) is 0 Å². The smallest absolute Gasteiger partial charge is 0.224 e. The molecule has 5 aromatic heterocycles. The molecule has 7 rings (SSSR count). The Morgan fingerprint density at radius 2 is 1.77 bits per heavy atom. The van der Waals surface area contributed by atoms with Crippen molar-refractivity contribution in [1.29, 1.82) is 0 Å². The molecule has 47 heavy (non-hydrogen) atoms. The number of halogens is 1. The Labute approximate surface area is 270 Å². The maximum absolute atomic E-state index is 14.7. The normalized spacial score (nSPS) is 13.9. The predicted octanol–water partition coefficient (Wildman–Crippen LogP) is 5.07. The number of nitrogens with one attached hydrogen (secondary N) is 5. The van der Waals surface area contributed by atoms with Crippen LogP contribution < -0.4 is 16.0 Å². The van der Waals surface area contributed by atoms with Gasteiger partial charge in [-0.05, 0) is 87.9 Å². The molecule has 1 saturated heterocycles. The number of H-pyrrole nitrogens is 2. The van der Waals surface area contributed by atoms with Crippen molar-refractivity contribution in [3.05, 3.63) is 67.0 Å². The number of fused-ring (bicyclic) bond motifs is 2. The van der Waals surface area contributed by atoms with E-state index < -0.39 is 0 Å². The molecular formula is C34H36FN11O. The zero-order chi connectivity index (χ0) is 32.3. The second kappa shape index (κ2) is 13.2. The summed E-state index contributed by atoms with van der Waals surface area (Å²) in [4.78, 5) is 36.7. The van der Waals surface area contributed by atoms with Crippen LogP contribution in [-0.4, -0.2) is 86.2 Å². The minimum Gasteiger partial charge on any atom is -0.384 e. The van der Waals surface area contributed by atoms with Crippen molar-refractivity contribution in [2.45, 2.75) is 19.3 Å². The molecule has 6 heterocycles. The topological polar surface area (TPSA) is 152 Å². The number of imidazole rings is 1. The van der Waals surface area contributed by atoms with Crippen molar-refractivity contribution in [3.8, 4) is 33.9 Å². The minimum atomic E-state index is -0.350. The number of carbonyl (C=O) groups is 1. The Morgan fingerprint density at radius 3 is 2.62 bits per heavy atom. The molecule has 1 fully saturated rings. The van der Waals surface area contributed by atoms with E-state index in [1.54, 1.807) is 24.8 Å². The molecule has 0 unspecified atom stereocenters. The highest BCUT2D eigenvalue weighted by Crippen LogP contribution is 2.33. The number of hydrogen-bond acceptors (Lipinski definition) is 9. The molecule has 13 heteroatoms. The number of piperidine rings is 1. The van der Waals surface area contributed by atoms with E-state index in [0.29, 0.717) is 75.1 Å². The van der Waals surface area contributed by atoms with E-state index in [4.69, 9.17) is 9.97 Å². The Kier molecular flexibility index (Phi) is 8.55. The number of hydrogen-bond donors (Lipinski definition) is 5. The summed E-state index contributed by atoms with van der Waals surface area (Å²) in [6.07, 6.45) is 9.26. The van der Waals surface area contributed by atoms with E-state index in [-0.39, 0.29) is 11.7 Å². The first-order valence-electron chi connectivity index (χ1n) is 15.7. The number of nitrogens with zero attached hydrogens (tertiary/aromatic N) is 6. The fraction of sp³-hybridized carbons (Fsp3) is 0.294. The molecule has 5 N–H and O–H groups in total. The predicted molar refractivity (Wildman–Crippen MR) is 181 cm³/mol. The number of aromatic nitrogens is 7. The summed E-state index contributed by atoms with van der Waals surface area (Å²) in [6, 6.07) is 10.5. The zero-order valence-electron chi connectivity index (χ0n) is 26.3. The van der Waals surface area contributed by atoms with Gasteiger partial charge in [-0.1, -0.05) is 0 Å². The number of benzene rings is 1. The Bertz CT molecular complexity index is 2050. The third-order valence-corrected chi connectivity index (χ3v) is 8.37. The Balaban J connectivity index is 1.16. The second-order valence-electron chi connectivity index (χ2n) is 12.2. The first kappa shape index (κ1) is 30.4. The Morgan fingerprint density at radius 1 is 0.936 bits per heavy atom. The van der Waals surface area contributed by atoms with E-state index in [2.05, 4.69) is 46.0 Å². The van der Waals surface area contributed by atoms with Crippen molar-refractivity contribution in [2.75, 3.05) is 50.9 Å². The summed E-state index contributed by atoms with van der Waals surface area (Å²) in [6.45, 7) is 3.40. The molecule has 0 spiro atoms. The summed E-state index contributed by atoms with van der Waals surface area (Å²) >= 11 is 0. The van der Waals surface area contributed by atoms with E-state index in [0.717, 1.165) is 43.6 Å². The fourth-order valence-electron chi connectivity index (χ4n) is 5.96. The molecule has 1 aromatic carbocycles. The van der Waals surface area contributed by atoms with Gasteiger partial charge in [0, 0.05) is 48.7 Å². The van der Waals surface area contributed by atoms with Crippen LogP contribution in [0.25, 0.3) is 56.0 Å². The van der Waals surface area contributed by atoms with Gasteiger partial charge in [-0.15, -0.1) is 0 Å². The van der Waals surface area contributed by atoms with Crippen LogP contribution in [0.2, 0.25) is 0 Å². The largest absolute Gasteiger partial charge is 0.384 e. The summed E-state index contributed by atoms with van der Waals surface area (Å²) in [5.41, 5.74) is 7.33. The lowest BCUT2D eigenvalue weighted by atomic mass is 9.94. The van der Waals surface area contributed by atoms with Gasteiger partial charge >= 0.3 is 0 Å². The molecule has 6 aromatic rings. The maximum atomic E-state index is 14.7. The third kappa shape index (κ3) is 6.81. The molecule has 240 valence electrons. The van der Waals surface area contributed by atoms with Crippen LogP contribution in [0.15, 0.2) is 61.2 Å². The first-order valence-corrected chi connectivity index (χ1v) is 15.7. The molecule has 0 bridgehead atoms. The van der Waals surface area contributed by atoms with Crippen molar-refractivity contribution in [2.24, 2.45) is 5.92 Å². The highest BCUT2D eigenvalue weighted by Gasteiger charge is 2.19. The van der Waals surface area contributed by atoms with Gasteiger partial charge in [-0.2, -0.15) is 5.10 Å². The quantitative estimate of drug-likeness (QED) is 0.139. The van der Waals surface area contributed by atoms with E-state index in [1.807, 2.05) is 38.4 Å². The van der Waals surface area contributed by atoms with Gasteiger partial charge in [0.25, 0.3) is 0 Å². The van der Waals surface area contributed by atoms with Gasteiger partial charge in [0.05, 0.1) is 40.3 Å². The van der Waals surface area contributed by atoms with Crippen molar-refractivity contribution >= 4 is 39.3 Å². The summed E-state index contributed by atoms with van der Waals surface area (Å²) in [5.74, 6) is 0.535. The second-order valence-corrected chi connectivity index (χ2v) is 12.2. The standard InChI is InChI=1S/C34H36FN11O/c1-46(2)10-9-39-24-13-21(12-23(35)15-24)26-18-38-19-29-31(26)43-34(42-29)33-32-28(44-45-33)4-3-27(41-32)22-14-25(17-37-16-22)40-30(47)11-20-5-7-36-8-6-20/h3-4,12-20,36,39H,5-11H2,1-2H3,(H,40,47)(H,42,43)(H,44,45). The zero-order valence-corrected chi connectivity index (χ0v) is 26.3. The molecule has 1 aliphatic rings. The van der Waals surface area contributed by atoms with Crippen molar-refractivity contribution in [3.63, 3.8) is 0 Å². The summed E-state index contributed by atoms with van der Waals surface area (Å²) in [5, 5.41) is 17.2. The molecule has 0 saturated carbocycles. The van der Waals surface area contributed by atoms with E-state index in [1.165, 1.54) is 12.1 Å².